The van der Waals surface area contributed by atoms with Crippen molar-refractivity contribution in [3.8, 4) is 5.75 Å². The summed E-state index contributed by atoms with van der Waals surface area (Å²) >= 11 is 3.46. The summed E-state index contributed by atoms with van der Waals surface area (Å²) in [5, 5.41) is 3.33. The third kappa shape index (κ3) is 3.08. The minimum atomic E-state index is 0.676. The number of hydrogen-bond donors (Lipinski definition) is 1. The lowest BCUT2D eigenvalue weighted by Crippen LogP contribution is -2.24. The van der Waals surface area contributed by atoms with Gasteiger partial charge >= 0.3 is 0 Å². The average molecular weight is 268 g/mol. The molecule has 2 rings (SSSR count). The van der Waals surface area contributed by atoms with Gasteiger partial charge in [0.25, 0.3) is 0 Å². The molecule has 1 aliphatic rings. The maximum atomic E-state index is 5.72. The Morgan fingerprint density at radius 3 is 2.93 bits per heavy atom. The van der Waals surface area contributed by atoms with E-state index in [2.05, 4.69) is 27.3 Å². The van der Waals surface area contributed by atoms with E-state index in [0.29, 0.717) is 6.61 Å². The molecular formula is C12H14BrNO. The quantitative estimate of drug-likeness (QED) is 0.851. The van der Waals surface area contributed by atoms with E-state index in [9.17, 15) is 0 Å². The van der Waals surface area contributed by atoms with Crippen molar-refractivity contribution in [2.24, 2.45) is 0 Å². The minimum absolute atomic E-state index is 0.676. The topological polar surface area (TPSA) is 21.3 Å². The monoisotopic (exact) mass is 267 g/mol. The number of hydrogen-bond acceptors (Lipinski definition) is 2. The van der Waals surface area contributed by atoms with Gasteiger partial charge in [-0.05, 0) is 46.6 Å². The van der Waals surface area contributed by atoms with Crippen molar-refractivity contribution in [2.45, 2.75) is 6.42 Å². The standard InChI is InChI=1S/C12H14BrNO/c13-11-5-1-2-6-12(11)15-9-10-4-3-7-14-8-10/h1-2,4-6,14H,3,7-9H2. The molecule has 0 fully saturated rings. The third-order valence-corrected chi connectivity index (χ3v) is 3.01. The van der Waals surface area contributed by atoms with Crippen LogP contribution in [0.25, 0.3) is 0 Å². The summed E-state index contributed by atoms with van der Waals surface area (Å²) in [5.74, 6) is 0.906. The number of rotatable bonds is 3. The molecule has 0 aromatic heterocycles. The molecule has 1 aliphatic heterocycles. The molecule has 15 heavy (non-hydrogen) atoms. The van der Waals surface area contributed by atoms with Crippen LogP contribution in [0, 0.1) is 0 Å². The lowest BCUT2D eigenvalue weighted by atomic mass is 10.2. The maximum absolute atomic E-state index is 5.72. The van der Waals surface area contributed by atoms with Crippen LogP contribution in [-0.2, 0) is 0 Å². The van der Waals surface area contributed by atoms with Crippen molar-refractivity contribution in [3.63, 3.8) is 0 Å². The summed E-state index contributed by atoms with van der Waals surface area (Å²) in [5.41, 5.74) is 1.33. The average Bonchev–Trinajstić information content (AvgIpc) is 2.29. The largest absolute Gasteiger partial charge is 0.488 e. The van der Waals surface area contributed by atoms with Crippen LogP contribution in [0.5, 0.6) is 5.75 Å². The Balaban J connectivity index is 1.93. The van der Waals surface area contributed by atoms with Crippen LogP contribution < -0.4 is 10.1 Å². The Morgan fingerprint density at radius 1 is 1.33 bits per heavy atom. The first kappa shape index (κ1) is 10.7. The maximum Gasteiger partial charge on any atom is 0.133 e. The van der Waals surface area contributed by atoms with Gasteiger partial charge in [0.15, 0.2) is 0 Å². The van der Waals surface area contributed by atoms with Crippen molar-refractivity contribution in [1.82, 2.24) is 5.32 Å². The van der Waals surface area contributed by atoms with Crippen LogP contribution in [0.15, 0.2) is 40.4 Å². The van der Waals surface area contributed by atoms with E-state index in [0.717, 1.165) is 29.7 Å². The molecule has 0 bridgehead atoms. The fourth-order valence-electron chi connectivity index (χ4n) is 1.54. The Kier molecular flexibility index (Phi) is 3.80. The number of nitrogens with one attached hydrogen (secondary N) is 1. The first-order valence-corrected chi connectivity index (χ1v) is 5.91. The van der Waals surface area contributed by atoms with Crippen LogP contribution in [0.4, 0.5) is 0 Å². The summed E-state index contributed by atoms with van der Waals surface area (Å²) in [6, 6.07) is 7.93. The van der Waals surface area contributed by atoms with Crippen molar-refractivity contribution < 1.29 is 4.74 Å². The summed E-state index contributed by atoms with van der Waals surface area (Å²) in [4.78, 5) is 0. The minimum Gasteiger partial charge on any atom is -0.488 e. The van der Waals surface area contributed by atoms with Gasteiger partial charge in [0, 0.05) is 6.54 Å². The molecule has 1 N–H and O–H groups in total. The van der Waals surface area contributed by atoms with E-state index in [4.69, 9.17) is 4.74 Å². The van der Waals surface area contributed by atoms with Gasteiger partial charge in [0.2, 0.25) is 0 Å². The second-order valence-electron chi connectivity index (χ2n) is 3.55. The van der Waals surface area contributed by atoms with Crippen LogP contribution >= 0.6 is 15.9 Å². The fourth-order valence-corrected chi connectivity index (χ4v) is 1.94. The van der Waals surface area contributed by atoms with Crippen LogP contribution in [-0.4, -0.2) is 19.7 Å². The molecule has 0 atom stereocenters. The van der Waals surface area contributed by atoms with Gasteiger partial charge in [-0.1, -0.05) is 18.2 Å². The normalized spacial score (nSPS) is 15.9. The SMILES string of the molecule is Brc1ccccc1OCC1=CCCNC1. The van der Waals surface area contributed by atoms with Gasteiger partial charge in [-0.25, -0.2) is 0 Å². The predicted octanol–water partition coefficient (Wildman–Crippen LogP) is 2.75. The number of para-hydroxylation sites is 1. The van der Waals surface area contributed by atoms with Gasteiger partial charge in [0.1, 0.15) is 12.4 Å². The zero-order valence-corrected chi connectivity index (χ0v) is 10.1. The highest BCUT2D eigenvalue weighted by atomic mass is 79.9. The highest BCUT2D eigenvalue weighted by molar-refractivity contribution is 9.10. The van der Waals surface area contributed by atoms with Crippen LogP contribution in [0.3, 0.4) is 0 Å². The first-order chi connectivity index (χ1) is 7.36. The predicted molar refractivity (Wildman–Crippen MR) is 65.2 cm³/mol. The Hall–Kier alpha value is -0.800. The second kappa shape index (κ2) is 5.33. The van der Waals surface area contributed by atoms with E-state index < -0.39 is 0 Å². The molecule has 1 heterocycles. The smallest absolute Gasteiger partial charge is 0.133 e. The van der Waals surface area contributed by atoms with Crippen LogP contribution in [0.2, 0.25) is 0 Å². The summed E-state index contributed by atoms with van der Waals surface area (Å²) in [6.07, 6.45) is 3.36. The molecule has 0 saturated carbocycles. The molecular weight excluding hydrogens is 254 g/mol. The molecule has 0 amide bonds. The molecule has 80 valence electrons. The third-order valence-electron chi connectivity index (χ3n) is 2.36. The van der Waals surface area contributed by atoms with Crippen molar-refractivity contribution in [2.75, 3.05) is 19.7 Å². The Labute approximate surface area is 98.5 Å². The van der Waals surface area contributed by atoms with Gasteiger partial charge in [0.05, 0.1) is 4.47 Å². The summed E-state index contributed by atoms with van der Waals surface area (Å²) < 4.78 is 6.73. The molecule has 0 radical (unpaired) electrons. The molecule has 3 heteroatoms. The number of halogens is 1. The lowest BCUT2D eigenvalue weighted by molar-refractivity contribution is 0.343. The highest BCUT2D eigenvalue weighted by Gasteiger charge is 2.04. The zero-order valence-electron chi connectivity index (χ0n) is 8.50. The van der Waals surface area contributed by atoms with E-state index >= 15 is 0 Å². The van der Waals surface area contributed by atoms with Crippen LogP contribution in [0.1, 0.15) is 6.42 Å². The summed E-state index contributed by atoms with van der Waals surface area (Å²) in [7, 11) is 0. The van der Waals surface area contributed by atoms with E-state index in [1.165, 1.54) is 5.57 Å². The zero-order chi connectivity index (χ0) is 10.5. The number of ether oxygens (including phenoxy) is 1. The van der Waals surface area contributed by atoms with E-state index in [1.807, 2.05) is 24.3 Å². The Morgan fingerprint density at radius 2 is 2.20 bits per heavy atom. The number of benzene rings is 1. The van der Waals surface area contributed by atoms with Gasteiger partial charge in [-0.2, -0.15) is 0 Å². The van der Waals surface area contributed by atoms with E-state index in [-0.39, 0.29) is 0 Å². The first-order valence-electron chi connectivity index (χ1n) is 5.12. The molecule has 1 aromatic rings. The molecule has 0 unspecified atom stereocenters. The lowest BCUT2D eigenvalue weighted by Gasteiger charge is -2.15. The van der Waals surface area contributed by atoms with E-state index in [1.54, 1.807) is 0 Å². The molecule has 1 aromatic carbocycles. The Bertz CT molecular complexity index is 362. The van der Waals surface area contributed by atoms with Crippen molar-refractivity contribution >= 4 is 15.9 Å². The molecule has 2 nitrogen and oxygen atoms in total. The fraction of sp³-hybridized carbons (Fsp3) is 0.333. The highest BCUT2D eigenvalue weighted by Crippen LogP contribution is 2.24. The van der Waals surface area contributed by atoms with Gasteiger partial charge < -0.3 is 10.1 Å². The van der Waals surface area contributed by atoms with Gasteiger partial charge in [-0.15, -0.1) is 0 Å². The molecule has 0 spiro atoms. The van der Waals surface area contributed by atoms with Crippen molar-refractivity contribution in [1.29, 1.82) is 0 Å². The molecule has 0 saturated heterocycles. The van der Waals surface area contributed by atoms with Crippen molar-refractivity contribution in [3.05, 3.63) is 40.4 Å². The summed E-state index contributed by atoms with van der Waals surface area (Å²) in [6.45, 7) is 2.71. The van der Waals surface area contributed by atoms with Gasteiger partial charge in [-0.3, -0.25) is 0 Å². The second-order valence-corrected chi connectivity index (χ2v) is 4.40. The molecule has 0 aliphatic carbocycles.